The Bertz CT molecular complexity index is 583. The van der Waals surface area contributed by atoms with Gasteiger partial charge in [-0.15, -0.1) is 0 Å². The van der Waals surface area contributed by atoms with Crippen LogP contribution in [0.25, 0.3) is 0 Å². The molecule has 0 aliphatic heterocycles. The number of methoxy groups -OCH3 is 1. The third-order valence-corrected chi connectivity index (χ3v) is 3.42. The van der Waals surface area contributed by atoms with Crippen molar-refractivity contribution in [3.63, 3.8) is 0 Å². The first-order valence-corrected chi connectivity index (χ1v) is 6.72. The lowest BCUT2D eigenvalue weighted by Crippen LogP contribution is -2.18. The number of hydrogen-bond acceptors (Lipinski definition) is 2. The summed E-state index contributed by atoms with van der Waals surface area (Å²) in [6, 6.07) is 12.9. The minimum absolute atomic E-state index is 0.105. The summed E-state index contributed by atoms with van der Waals surface area (Å²) < 4.78 is 18.4. The zero-order valence-corrected chi connectivity index (χ0v) is 12.1. The van der Waals surface area contributed by atoms with Crippen LogP contribution in [0.3, 0.4) is 0 Å². The van der Waals surface area contributed by atoms with Gasteiger partial charge < -0.3 is 10.1 Å². The Hall–Kier alpha value is -1.87. The van der Waals surface area contributed by atoms with Crippen molar-refractivity contribution in [1.82, 2.24) is 5.32 Å². The molecule has 3 heteroatoms. The normalized spacial score (nSPS) is 12.2. The van der Waals surface area contributed by atoms with Gasteiger partial charge in [-0.25, -0.2) is 4.39 Å². The van der Waals surface area contributed by atoms with Gasteiger partial charge in [0, 0.05) is 12.6 Å². The van der Waals surface area contributed by atoms with E-state index in [0.717, 1.165) is 23.4 Å². The highest BCUT2D eigenvalue weighted by Gasteiger charge is 2.06. The minimum atomic E-state index is -0.198. The Kier molecular flexibility index (Phi) is 4.74. The van der Waals surface area contributed by atoms with E-state index in [1.165, 1.54) is 11.6 Å². The van der Waals surface area contributed by atoms with E-state index in [0.29, 0.717) is 0 Å². The second-order valence-corrected chi connectivity index (χ2v) is 4.96. The van der Waals surface area contributed by atoms with Crippen molar-refractivity contribution < 1.29 is 9.13 Å². The molecule has 1 atom stereocenters. The molecule has 0 radical (unpaired) electrons. The molecule has 0 aliphatic rings. The number of hydrogen-bond donors (Lipinski definition) is 1. The van der Waals surface area contributed by atoms with E-state index in [1.807, 2.05) is 32.0 Å². The van der Waals surface area contributed by atoms with E-state index in [4.69, 9.17) is 4.74 Å². The van der Waals surface area contributed by atoms with Crippen LogP contribution < -0.4 is 10.1 Å². The fourth-order valence-corrected chi connectivity index (χ4v) is 2.22. The van der Waals surface area contributed by atoms with E-state index < -0.39 is 0 Å². The summed E-state index contributed by atoms with van der Waals surface area (Å²) >= 11 is 0. The monoisotopic (exact) mass is 273 g/mol. The van der Waals surface area contributed by atoms with Crippen LogP contribution in [0.1, 0.15) is 29.7 Å². The number of halogens is 1. The highest BCUT2D eigenvalue weighted by molar-refractivity contribution is 5.36. The first kappa shape index (κ1) is 14.5. The maximum atomic E-state index is 13.2. The second kappa shape index (κ2) is 6.53. The van der Waals surface area contributed by atoms with Gasteiger partial charge in [0.05, 0.1) is 7.11 Å². The van der Waals surface area contributed by atoms with Gasteiger partial charge in [0.1, 0.15) is 11.6 Å². The van der Waals surface area contributed by atoms with Crippen molar-refractivity contribution in [1.29, 1.82) is 0 Å². The maximum Gasteiger partial charge on any atom is 0.123 e. The van der Waals surface area contributed by atoms with E-state index in [-0.39, 0.29) is 11.9 Å². The van der Waals surface area contributed by atoms with Gasteiger partial charge in [-0.2, -0.15) is 0 Å². The summed E-state index contributed by atoms with van der Waals surface area (Å²) in [6.07, 6.45) is 0. The standard InChI is InChI=1S/C17H20FNO/c1-12-9-14(7-8-17(12)20-3)11-19-13(2)15-5-4-6-16(18)10-15/h4-10,13,19H,11H2,1-3H3/t13-/m1/s1. The SMILES string of the molecule is COc1ccc(CN[C@H](C)c2cccc(F)c2)cc1C. The molecule has 106 valence electrons. The average molecular weight is 273 g/mol. The second-order valence-electron chi connectivity index (χ2n) is 4.96. The van der Waals surface area contributed by atoms with E-state index in [1.54, 1.807) is 19.2 Å². The number of nitrogens with one attached hydrogen (secondary N) is 1. The Morgan fingerprint density at radius 3 is 2.65 bits per heavy atom. The molecule has 0 aromatic heterocycles. The Morgan fingerprint density at radius 1 is 1.20 bits per heavy atom. The van der Waals surface area contributed by atoms with Crippen LogP contribution in [0.2, 0.25) is 0 Å². The predicted octanol–water partition coefficient (Wildman–Crippen LogP) is 3.99. The van der Waals surface area contributed by atoms with Crippen molar-refractivity contribution in [2.24, 2.45) is 0 Å². The number of ether oxygens (including phenoxy) is 1. The molecule has 1 N–H and O–H groups in total. The fraction of sp³-hybridized carbons (Fsp3) is 0.294. The van der Waals surface area contributed by atoms with Crippen LogP contribution in [-0.4, -0.2) is 7.11 Å². The Morgan fingerprint density at radius 2 is 2.00 bits per heavy atom. The molecular weight excluding hydrogens is 253 g/mol. The highest BCUT2D eigenvalue weighted by atomic mass is 19.1. The van der Waals surface area contributed by atoms with Gasteiger partial charge in [-0.1, -0.05) is 24.3 Å². The van der Waals surface area contributed by atoms with Crippen molar-refractivity contribution in [2.75, 3.05) is 7.11 Å². The van der Waals surface area contributed by atoms with Crippen LogP contribution in [-0.2, 0) is 6.54 Å². The average Bonchev–Trinajstić information content (AvgIpc) is 2.45. The van der Waals surface area contributed by atoms with Gasteiger partial charge in [-0.3, -0.25) is 0 Å². The van der Waals surface area contributed by atoms with Crippen LogP contribution in [0.5, 0.6) is 5.75 Å². The number of benzene rings is 2. The lowest BCUT2D eigenvalue weighted by molar-refractivity contribution is 0.411. The molecule has 20 heavy (non-hydrogen) atoms. The lowest BCUT2D eigenvalue weighted by atomic mass is 10.1. The molecule has 2 nitrogen and oxygen atoms in total. The van der Waals surface area contributed by atoms with E-state index >= 15 is 0 Å². The summed E-state index contributed by atoms with van der Waals surface area (Å²) in [4.78, 5) is 0. The zero-order chi connectivity index (χ0) is 14.5. The van der Waals surface area contributed by atoms with Crippen molar-refractivity contribution in [2.45, 2.75) is 26.4 Å². The minimum Gasteiger partial charge on any atom is -0.496 e. The predicted molar refractivity (Wildman–Crippen MR) is 79.4 cm³/mol. The summed E-state index contributed by atoms with van der Waals surface area (Å²) in [5, 5.41) is 3.40. The van der Waals surface area contributed by atoms with Gasteiger partial charge in [0.2, 0.25) is 0 Å². The fourth-order valence-electron chi connectivity index (χ4n) is 2.22. The largest absolute Gasteiger partial charge is 0.496 e. The van der Waals surface area contributed by atoms with E-state index in [2.05, 4.69) is 11.4 Å². The zero-order valence-electron chi connectivity index (χ0n) is 12.1. The molecule has 0 aliphatic carbocycles. The van der Waals surface area contributed by atoms with Crippen LogP contribution in [0.15, 0.2) is 42.5 Å². The molecule has 0 saturated carbocycles. The van der Waals surface area contributed by atoms with Crippen molar-refractivity contribution in [3.05, 3.63) is 65.0 Å². The molecular formula is C17H20FNO. The van der Waals surface area contributed by atoms with Crippen LogP contribution in [0.4, 0.5) is 4.39 Å². The lowest BCUT2D eigenvalue weighted by Gasteiger charge is -2.15. The molecule has 2 rings (SSSR count). The van der Waals surface area contributed by atoms with E-state index in [9.17, 15) is 4.39 Å². The molecule has 2 aromatic carbocycles. The van der Waals surface area contributed by atoms with Crippen molar-refractivity contribution >= 4 is 0 Å². The molecule has 0 saturated heterocycles. The molecule has 0 unspecified atom stereocenters. The summed E-state index contributed by atoms with van der Waals surface area (Å²) in [5.74, 6) is 0.698. The first-order chi connectivity index (χ1) is 9.60. The summed E-state index contributed by atoms with van der Waals surface area (Å²) in [6.45, 7) is 4.80. The number of rotatable bonds is 5. The smallest absolute Gasteiger partial charge is 0.123 e. The van der Waals surface area contributed by atoms with Crippen molar-refractivity contribution in [3.8, 4) is 5.75 Å². The molecule has 0 fully saturated rings. The molecule has 0 spiro atoms. The summed E-state index contributed by atoms with van der Waals surface area (Å²) in [5.41, 5.74) is 3.26. The van der Waals surface area contributed by atoms with Crippen LogP contribution in [0, 0.1) is 12.7 Å². The quantitative estimate of drug-likeness (QED) is 0.889. The third-order valence-electron chi connectivity index (χ3n) is 3.42. The van der Waals surface area contributed by atoms with Gasteiger partial charge >= 0.3 is 0 Å². The van der Waals surface area contributed by atoms with Crippen LogP contribution >= 0.6 is 0 Å². The molecule has 0 amide bonds. The summed E-state index contributed by atoms with van der Waals surface area (Å²) in [7, 11) is 1.67. The topological polar surface area (TPSA) is 21.3 Å². The Labute approximate surface area is 119 Å². The van der Waals surface area contributed by atoms with Gasteiger partial charge in [-0.05, 0) is 48.7 Å². The number of aryl methyl sites for hydroxylation is 1. The maximum absolute atomic E-state index is 13.2. The Balaban J connectivity index is 1.99. The molecule has 0 bridgehead atoms. The highest BCUT2D eigenvalue weighted by Crippen LogP contribution is 2.19. The third kappa shape index (κ3) is 3.58. The molecule has 2 aromatic rings. The van der Waals surface area contributed by atoms with Gasteiger partial charge in [0.15, 0.2) is 0 Å². The molecule has 0 heterocycles. The van der Waals surface area contributed by atoms with Gasteiger partial charge in [0.25, 0.3) is 0 Å². The first-order valence-electron chi connectivity index (χ1n) is 6.72.